The van der Waals surface area contributed by atoms with Crippen LogP contribution in [0.1, 0.15) is 16.1 Å². The Kier molecular flexibility index (Phi) is 5.74. The lowest BCUT2D eigenvalue weighted by Crippen LogP contribution is -2.29. The Morgan fingerprint density at radius 2 is 1.82 bits per heavy atom. The highest BCUT2D eigenvalue weighted by atomic mass is 79.9. The van der Waals surface area contributed by atoms with Crippen molar-refractivity contribution in [2.45, 2.75) is 6.42 Å². The molecule has 2 aromatic rings. The fraction of sp³-hybridized carbons (Fsp3) is 0.250. The van der Waals surface area contributed by atoms with Gasteiger partial charge in [0.25, 0.3) is 5.91 Å². The number of halogens is 1. The van der Waals surface area contributed by atoms with E-state index >= 15 is 0 Å². The first-order chi connectivity index (χ1) is 10.5. The molecule has 0 unspecified atom stereocenters. The Labute approximate surface area is 142 Å². The number of amides is 2. The van der Waals surface area contributed by atoms with E-state index in [1.165, 1.54) is 16.2 Å². The SMILES string of the molecule is CN(C)C(=O)CCNC(=O)c1ccc(-c2ccc(Br)cc2)s1. The van der Waals surface area contributed by atoms with Gasteiger partial charge in [-0.2, -0.15) is 0 Å². The number of benzene rings is 1. The first-order valence-corrected chi connectivity index (χ1v) is 8.42. The van der Waals surface area contributed by atoms with Gasteiger partial charge in [-0.1, -0.05) is 28.1 Å². The molecule has 2 amide bonds. The molecule has 0 aliphatic carbocycles. The van der Waals surface area contributed by atoms with Gasteiger partial charge in [-0.3, -0.25) is 9.59 Å². The molecule has 1 heterocycles. The molecule has 6 heteroatoms. The monoisotopic (exact) mass is 380 g/mol. The standard InChI is InChI=1S/C16H17BrN2O2S/c1-19(2)15(20)9-10-18-16(21)14-8-7-13(22-14)11-3-5-12(17)6-4-11/h3-8H,9-10H2,1-2H3,(H,18,21). The molecule has 2 rings (SSSR count). The van der Waals surface area contributed by atoms with Gasteiger partial charge in [0.05, 0.1) is 4.88 Å². The summed E-state index contributed by atoms with van der Waals surface area (Å²) in [6.45, 7) is 0.349. The van der Waals surface area contributed by atoms with Crippen LogP contribution in [0.4, 0.5) is 0 Å². The van der Waals surface area contributed by atoms with Gasteiger partial charge in [-0.25, -0.2) is 0 Å². The van der Waals surface area contributed by atoms with Crippen molar-refractivity contribution in [2.75, 3.05) is 20.6 Å². The average Bonchev–Trinajstić information content (AvgIpc) is 2.97. The van der Waals surface area contributed by atoms with Crippen molar-refractivity contribution in [2.24, 2.45) is 0 Å². The maximum absolute atomic E-state index is 12.1. The summed E-state index contributed by atoms with van der Waals surface area (Å²) in [6.07, 6.45) is 0.309. The van der Waals surface area contributed by atoms with Crippen LogP contribution in [0, 0.1) is 0 Å². The maximum Gasteiger partial charge on any atom is 0.261 e. The predicted octanol–water partition coefficient (Wildman–Crippen LogP) is 3.39. The highest BCUT2D eigenvalue weighted by molar-refractivity contribution is 9.10. The summed E-state index contributed by atoms with van der Waals surface area (Å²) in [6, 6.07) is 11.7. The molecule has 0 spiro atoms. The van der Waals surface area contributed by atoms with Crippen LogP contribution in [-0.4, -0.2) is 37.4 Å². The Morgan fingerprint density at radius 1 is 1.14 bits per heavy atom. The van der Waals surface area contributed by atoms with Crippen LogP contribution in [0.15, 0.2) is 40.9 Å². The molecular formula is C16H17BrN2O2S. The van der Waals surface area contributed by atoms with Gasteiger partial charge in [0.1, 0.15) is 0 Å². The van der Waals surface area contributed by atoms with E-state index in [1.807, 2.05) is 36.4 Å². The van der Waals surface area contributed by atoms with Crippen LogP contribution in [0.2, 0.25) is 0 Å². The topological polar surface area (TPSA) is 49.4 Å². The fourth-order valence-corrected chi connectivity index (χ4v) is 3.02. The van der Waals surface area contributed by atoms with E-state index in [4.69, 9.17) is 0 Å². The van der Waals surface area contributed by atoms with Gasteiger partial charge in [0, 0.05) is 36.4 Å². The van der Waals surface area contributed by atoms with Crippen LogP contribution in [-0.2, 0) is 4.79 Å². The summed E-state index contributed by atoms with van der Waals surface area (Å²) in [5.74, 6) is -0.137. The van der Waals surface area contributed by atoms with Crippen molar-refractivity contribution in [1.82, 2.24) is 10.2 Å². The molecule has 0 aliphatic rings. The van der Waals surface area contributed by atoms with E-state index in [-0.39, 0.29) is 11.8 Å². The number of carbonyl (C=O) groups is 2. The van der Waals surface area contributed by atoms with Gasteiger partial charge in [-0.15, -0.1) is 11.3 Å². The molecular weight excluding hydrogens is 364 g/mol. The first kappa shape index (κ1) is 16.7. The van der Waals surface area contributed by atoms with Crippen molar-refractivity contribution in [3.05, 3.63) is 45.7 Å². The number of hydrogen-bond donors (Lipinski definition) is 1. The van der Waals surface area contributed by atoms with Gasteiger partial charge in [-0.05, 0) is 29.8 Å². The van der Waals surface area contributed by atoms with Crippen LogP contribution in [0.25, 0.3) is 10.4 Å². The third-order valence-electron chi connectivity index (χ3n) is 3.08. The molecule has 0 saturated heterocycles. The van der Waals surface area contributed by atoms with Crippen LogP contribution in [0.3, 0.4) is 0 Å². The van der Waals surface area contributed by atoms with Crippen molar-refractivity contribution in [3.63, 3.8) is 0 Å². The zero-order chi connectivity index (χ0) is 16.1. The number of rotatable bonds is 5. The number of carbonyl (C=O) groups excluding carboxylic acids is 2. The zero-order valence-electron chi connectivity index (χ0n) is 12.4. The van der Waals surface area contributed by atoms with Gasteiger partial charge in [0.15, 0.2) is 0 Å². The molecule has 1 aromatic heterocycles. The Hall–Kier alpha value is -1.66. The highest BCUT2D eigenvalue weighted by Gasteiger charge is 2.11. The molecule has 0 fully saturated rings. The molecule has 116 valence electrons. The quantitative estimate of drug-likeness (QED) is 0.863. The lowest BCUT2D eigenvalue weighted by Gasteiger charge is -2.10. The minimum atomic E-state index is -0.139. The van der Waals surface area contributed by atoms with Crippen molar-refractivity contribution >= 4 is 39.1 Å². The van der Waals surface area contributed by atoms with Gasteiger partial charge < -0.3 is 10.2 Å². The summed E-state index contributed by atoms with van der Waals surface area (Å²) in [4.78, 5) is 26.7. The number of nitrogens with zero attached hydrogens (tertiary/aromatic N) is 1. The molecule has 4 nitrogen and oxygen atoms in total. The van der Waals surface area contributed by atoms with E-state index in [9.17, 15) is 9.59 Å². The normalized spacial score (nSPS) is 10.3. The smallest absolute Gasteiger partial charge is 0.261 e. The molecule has 1 N–H and O–H groups in total. The van der Waals surface area contributed by atoms with E-state index in [1.54, 1.807) is 14.1 Å². The van der Waals surface area contributed by atoms with Crippen LogP contribution >= 0.6 is 27.3 Å². The summed E-state index contributed by atoms with van der Waals surface area (Å²) >= 11 is 4.85. The zero-order valence-corrected chi connectivity index (χ0v) is 14.8. The molecule has 0 aliphatic heterocycles. The average molecular weight is 381 g/mol. The Bertz CT molecular complexity index is 665. The summed E-state index contributed by atoms with van der Waals surface area (Å²) in [7, 11) is 3.40. The second-order valence-electron chi connectivity index (χ2n) is 4.96. The lowest BCUT2D eigenvalue weighted by molar-refractivity contribution is -0.128. The van der Waals surface area contributed by atoms with E-state index in [2.05, 4.69) is 21.2 Å². The molecule has 22 heavy (non-hydrogen) atoms. The minimum absolute atomic E-state index is 0.00188. The maximum atomic E-state index is 12.1. The largest absolute Gasteiger partial charge is 0.351 e. The molecule has 0 bridgehead atoms. The molecule has 0 radical (unpaired) electrons. The number of thiophene rings is 1. The number of nitrogens with one attached hydrogen (secondary N) is 1. The van der Waals surface area contributed by atoms with Crippen LogP contribution in [0.5, 0.6) is 0 Å². The third kappa shape index (κ3) is 4.42. The summed E-state index contributed by atoms with van der Waals surface area (Å²) < 4.78 is 1.02. The first-order valence-electron chi connectivity index (χ1n) is 6.81. The molecule has 1 aromatic carbocycles. The summed E-state index contributed by atoms with van der Waals surface area (Å²) in [5, 5.41) is 2.78. The van der Waals surface area contributed by atoms with Gasteiger partial charge >= 0.3 is 0 Å². The second-order valence-corrected chi connectivity index (χ2v) is 6.96. The second kappa shape index (κ2) is 7.56. The number of hydrogen-bond acceptors (Lipinski definition) is 3. The minimum Gasteiger partial charge on any atom is -0.351 e. The van der Waals surface area contributed by atoms with Crippen molar-refractivity contribution < 1.29 is 9.59 Å². The van der Waals surface area contributed by atoms with Crippen molar-refractivity contribution in [3.8, 4) is 10.4 Å². The Morgan fingerprint density at radius 3 is 2.45 bits per heavy atom. The van der Waals surface area contributed by atoms with E-state index in [0.717, 1.165) is 14.9 Å². The Balaban J connectivity index is 1.94. The molecule has 0 atom stereocenters. The van der Waals surface area contributed by atoms with Crippen LogP contribution < -0.4 is 5.32 Å². The van der Waals surface area contributed by atoms with Gasteiger partial charge in [0.2, 0.25) is 5.91 Å². The fourth-order valence-electron chi connectivity index (χ4n) is 1.82. The van der Waals surface area contributed by atoms with Crippen molar-refractivity contribution in [1.29, 1.82) is 0 Å². The molecule has 0 saturated carbocycles. The lowest BCUT2D eigenvalue weighted by atomic mass is 10.2. The highest BCUT2D eigenvalue weighted by Crippen LogP contribution is 2.29. The van der Waals surface area contributed by atoms with E-state index < -0.39 is 0 Å². The summed E-state index contributed by atoms with van der Waals surface area (Å²) in [5.41, 5.74) is 1.08. The van der Waals surface area contributed by atoms with E-state index in [0.29, 0.717) is 17.8 Å². The third-order valence-corrected chi connectivity index (χ3v) is 4.74. The predicted molar refractivity (Wildman–Crippen MR) is 93.1 cm³/mol.